The molecule has 7 nitrogen and oxygen atoms in total. The van der Waals surface area contributed by atoms with E-state index in [1.807, 2.05) is 20.8 Å². The molecule has 0 saturated heterocycles. The van der Waals surface area contributed by atoms with Crippen LogP contribution in [0.4, 0.5) is 0 Å². The molecule has 1 aromatic heterocycles. The van der Waals surface area contributed by atoms with E-state index in [0.717, 1.165) is 0 Å². The van der Waals surface area contributed by atoms with Gasteiger partial charge in [0.05, 0.1) is 6.61 Å². The molecule has 0 fully saturated rings. The molecule has 31 heavy (non-hydrogen) atoms. The van der Waals surface area contributed by atoms with E-state index in [4.69, 9.17) is 16.3 Å². The van der Waals surface area contributed by atoms with Crippen LogP contribution in [0.3, 0.4) is 0 Å². The van der Waals surface area contributed by atoms with Crippen molar-refractivity contribution in [1.82, 2.24) is 15.0 Å². The van der Waals surface area contributed by atoms with Crippen molar-refractivity contribution in [3.05, 3.63) is 52.6 Å². The lowest BCUT2D eigenvalue weighted by Crippen LogP contribution is -2.15. The maximum Gasteiger partial charge on any atom is 0.333 e. The summed E-state index contributed by atoms with van der Waals surface area (Å²) in [6, 6.07) is 6.82. The quantitative estimate of drug-likeness (QED) is 0.321. The number of aromatic hydroxyl groups is 2. The van der Waals surface area contributed by atoms with Crippen LogP contribution in [-0.2, 0) is 21.4 Å². The Morgan fingerprint density at radius 3 is 2.48 bits per heavy atom. The number of phenolic OH excluding ortho intramolecular Hbond substituents is 2. The molecule has 8 heteroatoms. The largest absolute Gasteiger partial charge is 0.507 e. The number of esters is 1. The molecule has 0 amide bonds. The van der Waals surface area contributed by atoms with Crippen LogP contribution < -0.4 is 0 Å². The first-order valence-corrected chi connectivity index (χ1v) is 10.3. The monoisotopic (exact) mass is 443 g/mol. The number of rotatable bonds is 6. The fraction of sp³-hybridized carbons (Fsp3) is 0.348. The Bertz CT molecular complexity index is 1160. The van der Waals surface area contributed by atoms with E-state index < -0.39 is 11.4 Å². The highest BCUT2D eigenvalue weighted by molar-refractivity contribution is 6.31. The number of carbonyl (C=O) groups is 1. The third-order valence-corrected chi connectivity index (χ3v) is 5.05. The lowest BCUT2D eigenvalue weighted by Gasteiger charge is -2.25. The molecule has 0 aliphatic heterocycles. The van der Waals surface area contributed by atoms with Gasteiger partial charge >= 0.3 is 5.97 Å². The number of phenols is 2. The number of hydrogen-bond acceptors (Lipinski definition) is 6. The number of halogens is 1. The fourth-order valence-electron chi connectivity index (χ4n) is 3.30. The molecule has 164 valence electrons. The fourth-order valence-corrected chi connectivity index (χ4v) is 3.47. The van der Waals surface area contributed by atoms with Gasteiger partial charge in [-0.15, -0.1) is 15.0 Å². The lowest BCUT2D eigenvalue weighted by molar-refractivity contribution is -0.139. The zero-order valence-electron chi connectivity index (χ0n) is 18.1. The molecule has 2 aromatic carbocycles. The summed E-state index contributed by atoms with van der Waals surface area (Å²) in [7, 11) is 0. The highest BCUT2D eigenvalue weighted by atomic mass is 35.5. The van der Waals surface area contributed by atoms with Crippen molar-refractivity contribution >= 4 is 28.6 Å². The predicted octanol–water partition coefficient (Wildman–Crippen LogP) is 4.83. The smallest absolute Gasteiger partial charge is 0.333 e. The molecular weight excluding hydrogens is 418 g/mol. The van der Waals surface area contributed by atoms with Crippen molar-refractivity contribution in [2.75, 3.05) is 6.61 Å². The minimum Gasteiger partial charge on any atom is -0.507 e. The summed E-state index contributed by atoms with van der Waals surface area (Å²) < 4.78 is 5.14. The summed E-state index contributed by atoms with van der Waals surface area (Å²) in [5.74, 6) is -0.523. The zero-order chi connectivity index (χ0) is 22.9. The number of nitrogens with zero attached hydrogens (tertiary/aromatic N) is 3. The second-order valence-corrected chi connectivity index (χ2v) is 8.96. The molecule has 0 bridgehead atoms. The van der Waals surface area contributed by atoms with E-state index in [1.54, 1.807) is 31.2 Å². The highest BCUT2D eigenvalue weighted by Gasteiger charge is 2.28. The van der Waals surface area contributed by atoms with Crippen LogP contribution in [0.15, 0.2) is 36.4 Å². The van der Waals surface area contributed by atoms with Gasteiger partial charge in [0.1, 0.15) is 22.5 Å². The van der Waals surface area contributed by atoms with Crippen molar-refractivity contribution < 1.29 is 19.7 Å². The van der Waals surface area contributed by atoms with Crippen molar-refractivity contribution in [2.45, 2.75) is 46.0 Å². The molecule has 2 N–H and O–H groups in total. The Kier molecular flexibility index (Phi) is 6.27. The molecule has 3 rings (SSSR count). The molecule has 0 saturated carbocycles. The molecule has 0 spiro atoms. The van der Waals surface area contributed by atoms with Gasteiger partial charge in [0, 0.05) is 16.2 Å². The number of hydrogen-bond donors (Lipinski definition) is 2. The third-order valence-electron chi connectivity index (χ3n) is 4.81. The van der Waals surface area contributed by atoms with Gasteiger partial charge in [-0.05, 0) is 55.0 Å². The molecular formula is C23H26ClN3O4. The Morgan fingerprint density at radius 1 is 1.16 bits per heavy atom. The van der Waals surface area contributed by atoms with Crippen LogP contribution in [0.25, 0.3) is 16.7 Å². The second kappa shape index (κ2) is 8.59. The van der Waals surface area contributed by atoms with Crippen LogP contribution in [-0.4, -0.2) is 37.8 Å². The number of ether oxygens (including phenoxy) is 1. The van der Waals surface area contributed by atoms with Crippen LogP contribution in [0, 0.1) is 0 Å². The van der Waals surface area contributed by atoms with Gasteiger partial charge in [0.25, 0.3) is 0 Å². The topological polar surface area (TPSA) is 97.5 Å². The van der Waals surface area contributed by atoms with Crippen molar-refractivity contribution in [1.29, 1.82) is 0 Å². The van der Waals surface area contributed by atoms with Gasteiger partial charge < -0.3 is 14.9 Å². The maximum absolute atomic E-state index is 11.6. The van der Waals surface area contributed by atoms with Crippen molar-refractivity contribution in [2.24, 2.45) is 0 Å². The van der Waals surface area contributed by atoms with Crippen LogP contribution in [0.5, 0.6) is 11.5 Å². The number of fused-ring (bicyclic) bond motifs is 1. The maximum atomic E-state index is 11.6. The van der Waals surface area contributed by atoms with Gasteiger partial charge in [-0.25, -0.2) is 4.79 Å². The Balaban J connectivity index is 2.01. The Hall–Kier alpha value is -3.06. The standard InChI is InChI=1S/C23H26ClN3O4/c1-13(2)22(30)31-10-6-7-14-11-18(21(29)19(20(14)28)23(3,4)5)27-25-16-9-8-15(24)12-17(16)26-27/h8-9,11-12,28-29H,1,6-7,10H2,2-5H3. The average Bonchev–Trinajstić information content (AvgIpc) is 3.08. The van der Waals surface area contributed by atoms with E-state index in [2.05, 4.69) is 16.8 Å². The number of aryl methyl sites for hydroxylation is 1. The molecule has 3 aromatic rings. The predicted molar refractivity (Wildman–Crippen MR) is 120 cm³/mol. The van der Waals surface area contributed by atoms with E-state index >= 15 is 0 Å². The van der Waals surface area contributed by atoms with E-state index in [-0.39, 0.29) is 18.1 Å². The van der Waals surface area contributed by atoms with Crippen molar-refractivity contribution in [3.63, 3.8) is 0 Å². The third kappa shape index (κ3) is 4.82. The lowest BCUT2D eigenvalue weighted by atomic mass is 9.83. The first-order chi connectivity index (χ1) is 14.5. The molecule has 0 aliphatic carbocycles. The van der Waals surface area contributed by atoms with E-state index in [1.165, 1.54) is 4.80 Å². The molecule has 0 radical (unpaired) electrons. The zero-order valence-corrected chi connectivity index (χ0v) is 18.8. The summed E-state index contributed by atoms with van der Waals surface area (Å²) in [6.45, 7) is 11.0. The Labute approximate surface area is 185 Å². The highest BCUT2D eigenvalue weighted by Crippen LogP contribution is 2.43. The average molecular weight is 444 g/mol. The van der Waals surface area contributed by atoms with E-state index in [9.17, 15) is 15.0 Å². The van der Waals surface area contributed by atoms with Gasteiger partial charge in [-0.3, -0.25) is 0 Å². The van der Waals surface area contributed by atoms with Gasteiger partial charge in [-0.2, -0.15) is 0 Å². The summed E-state index contributed by atoms with van der Waals surface area (Å²) in [5, 5.41) is 31.3. The Morgan fingerprint density at radius 2 is 1.84 bits per heavy atom. The van der Waals surface area contributed by atoms with Crippen LogP contribution >= 0.6 is 11.6 Å². The normalized spacial score (nSPS) is 11.6. The molecule has 1 heterocycles. The van der Waals surface area contributed by atoms with Crippen LogP contribution in [0.1, 0.15) is 45.2 Å². The second-order valence-electron chi connectivity index (χ2n) is 8.52. The number of aromatic nitrogens is 3. The summed E-state index contributed by atoms with van der Waals surface area (Å²) in [4.78, 5) is 12.9. The van der Waals surface area contributed by atoms with Gasteiger partial charge in [-0.1, -0.05) is 39.0 Å². The first-order valence-electron chi connectivity index (χ1n) is 9.93. The minimum absolute atomic E-state index is 0.0136. The minimum atomic E-state index is -0.540. The SMILES string of the molecule is C=C(C)C(=O)OCCCc1cc(-n2nc3ccc(Cl)cc3n2)c(O)c(C(C)(C)C)c1O. The molecule has 0 aliphatic rings. The van der Waals surface area contributed by atoms with Crippen LogP contribution in [0.2, 0.25) is 5.02 Å². The number of carbonyl (C=O) groups excluding carboxylic acids is 1. The van der Waals surface area contributed by atoms with Crippen molar-refractivity contribution in [3.8, 4) is 17.2 Å². The van der Waals surface area contributed by atoms with E-state index in [0.29, 0.717) is 51.3 Å². The molecule has 0 unspecified atom stereocenters. The summed E-state index contributed by atoms with van der Waals surface area (Å²) in [5.41, 5.74) is 2.36. The first kappa shape index (κ1) is 22.6. The molecule has 0 atom stereocenters. The van der Waals surface area contributed by atoms with Gasteiger partial charge in [0.15, 0.2) is 5.75 Å². The summed E-state index contributed by atoms with van der Waals surface area (Å²) >= 11 is 6.05. The van der Waals surface area contributed by atoms with Gasteiger partial charge in [0.2, 0.25) is 0 Å². The number of benzene rings is 2. The summed E-state index contributed by atoms with van der Waals surface area (Å²) in [6.07, 6.45) is 0.919.